The molecule has 0 aliphatic carbocycles. The van der Waals surface area contributed by atoms with Crippen molar-refractivity contribution in [1.82, 2.24) is 9.97 Å². The number of benzene rings is 1. The molecule has 148 valence electrons. The van der Waals surface area contributed by atoms with Crippen molar-refractivity contribution < 1.29 is 23.0 Å². The van der Waals surface area contributed by atoms with Crippen LogP contribution in [0.25, 0.3) is 20.9 Å². The van der Waals surface area contributed by atoms with E-state index in [2.05, 4.69) is 9.97 Å². The molecule has 3 aromatic heterocycles. The summed E-state index contributed by atoms with van der Waals surface area (Å²) in [6, 6.07) is 7.79. The van der Waals surface area contributed by atoms with Crippen LogP contribution in [0.2, 0.25) is 0 Å². The van der Waals surface area contributed by atoms with Crippen molar-refractivity contribution in [2.24, 2.45) is 0 Å². The van der Waals surface area contributed by atoms with Crippen LogP contribution in [0.15, 0.2) is 41.9 Å². The number of aromatic nitrogens is 2. The van der Waals surface area contributed by atoms with Crippen LogP contribution in [0.3, 0.4) is 0 Å². The number of phenols is 1. The number of pyridine rings is 1. The third-order valence-electron chi connectivity index (χ3n) is 4.08. The molecule has 0 amide bonds. The minimum atomic E-state index is -1.60. The molecule has 1 N–H and O–H groups in total. The van der Waals surface area contributed by atoms with Gasteiger partial charge in [-0.05, 0) is 25.1 Å². The Bertz CT molecular complexity index is 1180. The zero-order valence-electron chi connectivity index (χ0n) is 14.9. The Kier molecular flexibility index (Phi) is 5.25. The number of hydrogen-bond acceptors (Lipinski definition) is 6. The third-order valence-corrected chi connectivity index (χ3v) is 6.23. The number of phenolic OH excluding ortho intramolecular Hbond substituents is 1. The Morgan fingerprint density at radius 3 is 2.72 bits per heavy atom. The van der Waals surface area contributed by atoms with Crippen LogP contribution < -0.4 is 4.74 Å². The van der Waals surface area contributed by atoms with Crippen LogP contribution in [0.1, 0.15) is 10.7 Å². The Morgan fingerprint density at radius 1 is 1.14 bits per heavy atom. The molecule has 3 heterocycles. The molecule has 0 atom stereocenters. The van der Waals surface area contributed by atoms with Crippen LogP contribution in [0.5, 0.6) is 11.6 Å². The maximum absolute atomic E-state index is 14.2. The Balaban J connectivity index is 1.60. The molecule has 1 aromatic carbocycles. The van der Waals surface area contributed by atoms with Gasteiger partial charge < -0.3 is 9.84 Å². The van der Waals surface area contributed by atoms with Crippen LogP contribution in [0, 0.1) is 24.4 Å². The zero-order chi connectivity index (χ0) is 20.5. The molecule has 0 saturated heterocycles. The number of aromatic hydroxyl groups is 1. The molecule has 0 aliphatic rings. The summed E-state index contributed by atoms with van der Waals surface area (Å²) in [7, 11) is 0. The Morgan fingerprint density at radius 2 is 1.97 bits per heavy atom. The first kappa shape index (κ1) is 19.4. The molecule has 0 unspecified atom stereocenters. The second-order valence-corrected chi connectivity index (χ2v) is 8.06. The summed E-state index contributed by atoms with van der Waals surface area (Å²) in [5.41, 5.74) is 1.29. The summed E-state index contributed by atoms with van der Waals surface area (Å²) >= 11 is 2.56. The maximum atomic E-state index is 14.2. The number of hydrogen-bond donors (Lipinski definition) is 1. The molecule has 0 saturated carbocycles. The van der Waals surface area contributed by atoms with Crippen molar-refractivity contribution in [2.75, 3.05) is 0 Å². The second kappa shape index (κ2) is 7.84. The molecule has 9 heteroatoms. The van der Waals surface area contributed by atoms with Gasteiger partial charge in [0.25, 0.3) is 0 Å². The standard InChI is InChI=1S/C20H13F3N2O2S2/c1-10-20(29-16(25-10)8-27-15-4-2-3-5-24-15)11-6-14(28-9-11)12-7-13(21)19(26)18(23)17(12)22/h2-7,9,26H,8H2,1H3. The number of halogens is 3. The summed E-state index contributed by atoms with van der Waals surface area (Å²) < 4.78 is 47.1. The van der Waals surface area contributed by atoms with Crippen molar-refractivity contribution in [3.63, 3.8) is 0 Å². The monoisotopic (exact) mass is 434 g/mol. The summed E-state index contributed by atoms with van der Waals surface area (Å²) in [5, 5.41) is 11.7. The lowest BCUT2D eigenvalue weighted by molar-refractivity contribution is 0.293. The van der Waals surface area contributed by atoms with E-state index in [1.807, 2.05) is 13.0 Å². The van der Waals surface area contributed by atoms with Gasteiger partial charge in [0, 0.05) is 33.6 Å². The number of thiophene rings is 1. The summed E-state index contributed by atoms with van der Waals surface area (Å²) in [6.07, 6.45) is 1.63. The number of rotatable bonds is 5. The van der Waals surface area contributed by atoms with Gasteiger partial charge in [-0.1, -0.05) is 6.07 Å². The lowest BCUT2D eigenvalue weighted by Gasteiger charge is -2.04. The van der Waals surface area contributed by atoms with Gasteiger partial charge in [0.05, 0.1) is 10.6 Å². The molecule has 4 aromatic rings. The van der Waals surface area contributed by atoms with Gasteiger partial charge in [-0.15, -0.1) is 22.7 Å². The minimum absolute atomic E-state index is 0.241. The van der Waals surface area contributed by atoms with Crippen LogP contribution in [0.4, 0.5) is 13.2 Å². The van der Waals surface area contributed by atoms with E-state index in [1.54, 1.807) is 29.8 Å². The van der Waals surface area contributed by atoms with Crippen molar-refractivity contribution >= 4 is 22.7 Å². The first-order valence-corrected chi connectivity index (χ1v) is 10.1. The predicted molar refractivity (Wildman–Crippen MR) is 106 cm³/mol. The van der Waals surface area contributed by atoms with Gasteiger partial charge in [0.2, 0.25) is 11.7 Å². The highest BCUT2D eigenvalue weighted by Crippen LogP contribution is 2.39. The smallest absolute Gasteiger partial charge is 0.213 e. The van der Waals surface area contributed by atoms with Gasteiger partial charge in [-0.25, -0.2) is 18.7 Å². The van der Waals surface area contributed by atoms with Gasteiger partial charge in [0.1, 0.15) is 11.6 Å². The fourth-order valence-electron chi connectivity index (χ4n) is 2.71. The van der Waals surface area contributed by atoms with Crippen molar-refractivity contribution in [1.29, 1.82) is 0 Å². The van der Waals surface area contributed by atoms with Crippen LogP contribution in [-0.2, 0) is 6.61 Å². The molecule has 4 rings (SSSR count). The average molecular weight is 434 g/mol. The number of nitrogens with zero attached hydrogens (tertiary/aromatic N) is 2. The largest absolute Gasteiger partial charge is 0.503 e. The van der Waals surface area contributed by atoms with E-state index in [0.29, 0.717) is 10.8 Å². The van der Waals surface area contributed by atoms with Crippen LogP contribution >= 0.6 is 22.7 Å². The first-order chi connectivity index (χ1) is 13.9. The molecule has 0 bridgehead atoms. The SMILES string of the molecule is Cc1nc(COc2ccccn2)sc1-c1csc(-c2cc(F)c(O)c(F)c2F)c1. The number of aryl methyl sites for hydroxylation is 1. The second-order valence-electron chi connectivity index (χ2n) is 6.06. The minimum Gasteiger partial charge on any atom is -0.503 e. The van der Waals surface area contributed by atoms with E-state index in [-0.39, 0.29) is 12.2 Å². The number of thiazole rings is 1. The highest BCUT2D eigenvalue weighted by atomic mass is 32.1. The van der Waals surface area contributed by atoms with Crippen molar-refractivity contribution in [2.45, 2.75) is 13.5 Å². The van der Waals surface area contributed by atoms with E-state index < -0.39 is 23.2 Å². The van der Waals surface area contributed by atoms with Crippen molar-refractivity contribution in [3.8, 4) is 32.5 Å². The Hall–Kier alpha value is -2.91. The molecule has 4 nitrogen and oxygen atoms in total. The average Bonchev–Trinajstić information content (AvgIpc) is 3.35. The number of ether oxygens (including phenoxy) is 1. The first-order valence-electron chi connectivity index (χ1n) is 8.40. The highest BCUT2D eigenvalue weighted by Gasteiger charge is 2.21. The molecule has 0 spiro atoms. The fraction of sp³-hybridized carbons (Fsp3) is 0.100. The van der Waals surface area contributed by atoms with Crippen LogP contribution in [-0.4, -0.2) is 15.1 Å². The molecule has 0 radical (unpaired) electrons. The van der Waals surface area contributed by atoms with Gasteiger partial charge in [-0.2, -0.15) is 4.39 Å². The maximum Gasteiger partial charge on any atom is 0.213 e. The summed E-state index contributed by atoms with van der Waals surface area (Å²) in [5.74, 6) is -4.93. The Labute approximate surface area is 171 Å². The van der Waals surface area contributed by atoms with Crippen molar-refractivity contribution in [3.05, 3.63) is 70.1 Å². The highest BCUT2D eigenvalue weighted by molar-refractivity contribution is 7.17. The summed E-state index contributed by atoms with van der Waals surface area (Å²) in [6.45, 7) is 2.09. The van der Waals surface area contributed by atoms with E-state index in [4.69, 9.17) is 4.74 Å². The van der Waals surface area contributed by atoms with Gasteiger partial charge in [0.15, 0.2) is 17.4 Å². The third kappa shape index (κ3) is 3.83. The lowest BCUT2D eigenvalue weighted by atomic mass is 10.1. The quantitative estimate of drug-likeness (QED) is 0.395. The van der Waals surface area contributed by atoms with E-state index in [9.17, 15) is 18.3 Å². The molecule has 0 aliphatic heterocycles. The summed E-state index contributed by atoms with van der Waals surface area (Å²) in [4.78, 5) is 9.77. The molecule has 0 fully saturated rings. The lowest BCUT2D eigenvalue weighted by Crippen LogP contribution is -1.96. The fourth-order valence-corrected chi connectivity index (χ4v) is 4.66. The van der Waals surface area contributed by atoms with Gasteiger partial charge in [-0.3, -0.25) is 0 Å². The van der Waals surface area contributed by atoms with E-state index in [1.165, 1.54) is 11.3 Å². The topological polar surface area (TPSA) is 55.2 Å². The van der Waals surface area contributed by atoms with Gasteiger partial charge >= 0.3 is 0 Å². The molecule has 29 heavy (non-hydrogen) atoms. The van der Waals surface area contributed by atoms with E-state index in [0.717, 1.165) is 38.5 Å². The van der Waals surface area contributed by atoms with E-state index >= 15 is 0 Å². The molecular formula is C20H13F3N2O2S2. The normalized spacial score (nSPS) is 11.0. The zero-order valence-corrected chi connectivity index (χ0v) is 16.6. The predicted octanol–water partition coefficient (Wildman–Crippen LogP) is 5.94. The molecular weight excluding hydrogens is 421 g/mol.